The summed E-state index contributed by atoms with van der Waals surface area (Å²) in [6.07, 6.45) is 1.81. The highest BCUT2D eigenvalue weighted by Crippen LogP contribution is 2.32. The van der Waals surface area contributed by atoms with Crippen molar-refractivity contribution in [3.63, 3.8) is 0 Å². The van der Waals surface area contributed by atoms with E-state index in [0.717, 1.165) is 23.6 Å². The second kappa shape index (κ2) is 8.76. The molecule has 3 aromatic rings. The molecule has 0 atom stereocenters. The standard InChI is InChI=1S/C24H23ClN2O3/c1-27(11-12-30-20-8-4-7-19(25)15-20)24(29)21-13-17-5-2-3-6-18(17)14-22(21)26-23(28)16-9-10-16/h2-8,13-16H,9-12H2,1H3,(H,26,28). The van der Waals surface area contributed by atoms with Crippen LogP contribution in [-0.4, -0.2) is 36.9 Å². The summed E-state index contributed by atoms with van der Waals surface area (Å²) in [6, 6.07) is 18.7. The molecule has 0 radical (unpaired) electrons. The van der Waals surface area contributed by atoms with Gasteiger partial charge >= 0.3 is 0 Å². The molecule has 1 N–H and O–H groups in total. The molecule has 1 saturated carbocycles. The lowest BCUT2D eigenvalue weighted by molar-refractivity contribution is -0.117. The Morgan fingerprint density at radius 1 is 1.07 bits per heavy atom. The summed E-state index contributed by atoms with van der Waals surface area (Å²) in [7, 11) is 1.73. The number of nitrogens with one attached hydrogen (secondary N) is 1. The van der Waals surface area contributed by atoms with Gasteiger partial charge in [-0.05, 0) is 53.9 Å². The fourth-order valence-electron chi connectivity index (χ4n) is 3.27. The molecule has 1 aliphatic rings. The predicted octanol–water partition coefficient (Wildman–Crippen LogP) is 4.99. The van der Waals surface area contributed by atoms with Crippen LogP contribution in [0.4, 0.5) is 5.69 Å². The van der Waals surface area contributed by atoms with Crippen molar-refractivity contribution in [2.75, 3.05) is 25.5 Å². The molecule has 2 amide bonds. The van der Waals surface area contributed by atoms with Crippen molar-refractivity contribution in [1.29, 1.82) is 0 Å². The van der Waals surface area contributed by atoms with Gasteiger partial charge in [-0.3, -0.25) is 9.59 Å². The molecule has 0 heterocycles. The van der Waals surface area contributed by atoms with Crippen molar-refractivity contribution in [2.24, 2.45) is 5.92 Å². The number of hydrogen-bond donors (Lipinski definition) is 1. The van der Waals surface area contributed by atoms with Crippen molar-refractivity contribution < 1.29 is 14.3 Å². The lowest BCUT2D eigenvalue weighted by Crippen LogP contribution is -2.31. The molecule has 1 aliphatic carbocycles. The third-order valence-electron chi connectivity index (χ3n) is 5.16. The number of halogens is 1. The molecule has 0 aromatic heterocycles. The molecule has 0 aliphatic heterocycles. The van der Waals surface area contributed by atoms with Crippen molar-refractivity contribution in [3.05, 3.63) is 71.2 Å². The maximum absolute atomic E-state index is 13.2. The zero-order valence-corrected chi connectivity index (χ0v) is 17.5. The first kappa shape index (κ1) is 20.2. The quantitative estimate of drug-likeness (QED) is 0.583. The smallest absolute Gasteiger partial charge is 0.255 e. The van der Waals surface area contributed by atoms with Gasteiger partial charge < -0.3 is 15.0 Å². The van der Waals surface area contributed by atoms with Crippen LogP contribution in [0.5, 0.6) is 5.75 Å². The number of anilines is 1. The third-order valence-corrected chi connectivity index (χ3v) is 5.40. The average molecular weight is 423 g/mol. The summed E-state index contributed by atoms with van der Waals surface area (Å²) in [4.78, 5) is 27.1. The van der Waals surface area contributed by atoms with E-state index in [0.29, 0.717) is 35.2 Å². The molecule has 3 aromatic carbocycles. The topological polar surface area (TPSA) is 58.6 Å². The van der Waals surface area contributed by atoms with Crippen molar-refractivity contribution in [3.8, 4) is 5.75 Å². The lowest BCUT2D eigenvalue weighted by Gasteiger charge is -2.20. The van der Waals surface area contributed by atoms with Gasteiger partial charge in [0.05, 0.1) is 17.8 Å². The first-order chi connectivity index (χ1) is 14.5. The monoisotopic (exact) mass is 422 g/mol. The van der Waals surface area contributed by atoms with E-state index < -0.39 is 0 Å². The van der Waals surface area contributed by atoms with E-state index in [4.69, 9.17) is 16.3 Å². The van der Waals surface area contributed by atoms with Crippen LogP contribution in [0.3, 0.4) is 0 Å². The van der Waals surface area contributed by atoms with Gasteiger partial charge in [0.1, 0.15) is 12.4 Å². The van der Waals surface area contributed by atoms with Crippen molar-refractivity contribution in [2.45, 2.75) is 12.8 Å². The Morgan fingerprint density at radius 2 is 1.80 bits per heavy atom. The summed E-state index contributed by atoms with van der Waals surface area (Å²) in [6.45, 7) is 0.730. The number of hydrogen-bond acceptors (Lipinski definition) is 3. The van der Waals surface area contributed by atoms with Gasteiger partial charge in [0.15, 0.2) is 0 Å². The molecule has 0 unspecified atom stereocenters. The van der Waals surface area contributed by atoms with Crippen LogP contribution >= 0.6 is 11.6 Å². The van der Waals surface area contributed by atoms with Gasteiger partial charge in [0.2, 0.25) is 5.91 Å². The third kappa shape index (κ3) is 4.74. The number of likely N-dealkylation sites (N-methyl/N-ethyl adjacent to an activating group) is 1. The number of fused-ring (bicyclic) bond motifs is 1. The fraction of sp³-hybridized carbons (Fsp3) is 0.250. The predicted molar refractivity (Wildman–Crippen MR) is 119 cm³/mol. The highest BCUT2D eigenvalue weighted by molar-refractivity contribution is 6.30. The molecular formula is C24H23ClN2O3. The van der Waals surface area contributed by atoms with E-state index >= 15 is 0 Å². The van der Waals surface area contributed by atoms with Crippen LogP contribution in [0.25, 0.3) is 10.8 Å². The Morgan fingerprint density at radius 3 is 2.50 bits per heavy atom. The number of ether oxygens (including phenoxy) is 1. The Hall–Kier alpha value is -3.05. The fourth-order valence-corrected chi connectivity index (χ4v) is 3.45. The maximum Gasteiger partial charge on any atom is 0.255 e. The largest absolute Gasteiger partial charge is 0.492 e. The SMILES string of the molecule is CN(CCOc1cccc(Cl)c1)C(=O)c1cc2ccccc2cc1NC(=O)C1CC1. The first-order valence-corrected chi connectivity index (χ1v) is 10.4. The number of benzene rings is 3. The molecular weight excluding hydrogens is 400 g/mol. The van der Waals surface area contributed by atoms with Gasteiger partial charge in [-0.1, -0.05) is 41.9 Å². The normalized spacial score (nSPS) is 13.1. The maximum atomic E-state index is 13.2. The molecule has 5 nitrogen and oxygen atoms in total. The highest BCUT2D eigenvalue weighted by Gasteiger charge is 2.30. The minimum atomic E-state index is -0.165. The van der Waals surface area contributed by atoms with E-state index in [2.05, 4.69) is 5.32 Å². The van der Waals surface area contributed by atoms with Crippen LogP contribution in [0.2, 0.25) is 5.02 Å². The van der Waals surface area contributed by atoms with Crippen LogP contribution < -0.4 is 10.1 Å². The summed E-state index contributed by atoms with van der Waals surface area (Å²) in [5, 5.41) is 5.49. The summed E-state index contributed by atoms with van der Waals surface area (Å²) < 4.78 is 5.70. The van der Waals surface area contributed by atoms with Crippen LogP contribution in [0.1, 0.15) is 23.2 Å². The van der Waals surface area contributed by atoms with Crippen LogP contribution in [0, 0.1) is 5.92 Å². The van der Waals surface area contributed by atoms with Crippen molar-refractivity contribution >= 4 is 39.9 Å². The number of carbonyl (C=O) groups is 2. The average Bonchev–Trinajstić information content (AvgIpc) is 3.58. The number of rotatable bonds is 7. The van der Waals surface area contributed by atoms with Gasteiger partial charge in [0.25, 0.3) is 5.91 Å². The lowest BCUT2D eigenvalue weighted by atomic mass is 10.0. The molecule has 0 bridgehead atoms. The highest BCUT2D eigenvalue weighted by atomic mass is 35.5. The van der Waals surface area contributed by atoms with E-state index in [-0.39, 0.29) is 17.7 Å². The minimum Gasteiger partial charge on any atom is -0.492 e. The van der Waals surface area contributed by atoms with Gasteiger partial charge in [-0.15, -0.1) is 0 Å². The molecule has 154 valence electrons. The zero-order valence-electron chi connectivity index (χ0n) is 16.7. The molecule has 0 spiro atoms. The van der Waals surface area contributed by atoms with E-state index in [1.165, 1.54) is 0 Å². The minimum absolute atomic E-state index is 0.0220. The van der Waals surface area contributed by atoms with Crippen LogP contribution in [-0.2, 0) is 4.79 Å². The van der Waals surface area contributed by atoms with E-state index in [1.54, 1.807) is 24.1 Å². The number of amides is 2. The Labute approximate surface area is 180 Å². The molecule has 6 heteroatoms. The summed E-state index contributed by atoms with van der Waals surface area (Å²) >= 11 is 5.97. The van der Waals surface area contributed by atoms with Gasteiger partial charge in [-0.25, -0.2) is 0 Å². The van der Waals surface area contributed by atoms with Gasteiger partial charge in [0, 0.05) is 18.0 Å². The Bertz CT molecular complexity index is 1090. The second-order valence-corrected chi connectivity index (χ2v) is 7.98. The summed E-state index contributed by atoms with van der Waals surface area (Å²) in [5.74, 6) is 0.530. The molecule has 0 saturated heterocycles. The van der Waals surface area contributed by atoms with Crippen LogP contribution in [0.15, 0.2) is 60.7 Å². The van der Waals surface area contributed by atoms with Gasteiger partial charge in [-0.2, -0.15) is 0 Å². The molecule has 1 fully saturated rings. The van der Waals surface area contributed by atoms with E-state index in [9.17, 15) is 9.59 Å². The van der Waals surface area contributed by atoms with E-state index in [1.807, 2.05) is 48.5 Å². The van der Waals surface area contributed by atoms with Crippen molar-refractivity contribution in [1.82, 2.24) is 4.90 Å². The molecule has 30 heavy (non-hydrogen) atoms. The number of carbonyl (C=O) groups excluding carboxylic acids is 2. The second-order valence-electron chi connectivity index (χ2n) is 7.54. The number of nitrogens with zero attached hydrogens (tertiary/aromatic N) is 1. The Balaban J connectivity index is 1.50. The summed E-state index contributed by atoms with van der Waals surface area (Å²) in [5.41, 5.74) is 1.03. The Kier molecular flexibility index (Phi) is 5.91. The first-order valence-electron chi connectivity index (χ1n) is 9.99. The molecule has 4 rings (SSSR count). The zero-order chi connectivity index (χ0) is 21.1.